The van der Waals surface area contributed by atoms with Gasteiger partial charge in [0.2, 0.25) is 5.95 Å². The summed E-state index contributed by atoms with van der Waals surface area (Å²) in [5.41, 5.74) is 7.52. The fourth-order valence-corrected chi connectivity index (χ4v) is 1.21. The van der Waals surface area contributed by atoms with Gasteiger partial charge >= 0.3 is 0 Å². The van der Waals surface area contributed by atoms with Crippen molar-refractivity contribution < 1.29 is 0 Å². The Morgan fingerprint density at radius 2 is 1.05 bits per heavy atom. The Hall–Kier alpha value is -3.57. The lowest BCUT2D eigenvalue weighted by Gasteiger charge is -2.02. The van der Waals surface area contributed by atoms with Crippen LogP contribution in [0.3, 0.4) is 0 Å². The van der Waals surface area contributed by atoms with Crippen LogP contribution in [0.25, 0.3) is 0 Å². The summed E-state index contributed by atoms with van der Waals surface area (Å²) in [6.07, 6.45) is 5.13. The summed E-state index contributed by atoms with van der Waals surface area (Å²) in [7, 11) is 0. The van der Waals surface area contributed by atoms with Crippen molar-refractivity contribution in [2.45, 2.75) is 0 Å². The minimum absolute atomic E-state index is 0.0472. The molecule has 101 valence electrons. The van der Waals surface area contributed by atoms with E-state index in [2.05, 4.69) is 55.5 Å². The number of nitrogens with one attached hydrogen (secondary N) is 1. The molecule has 0 aliphatic rings. The van der Waals surface area contributed by atoms with E-state index < -0.39 is 0 Å². The lowest BCUT2D eigenvalue weighted by molar-refractivity contribution is 0.853. The number of aromatic nitrogens is 9. The second kappa shape index (κ2) is 5.60. The highest BCUT2D eigenvalue weighted by Gasteiger charge is 2.10. The van der Waals surface area contributed by atoms with Crippen molar-refractivity contribution in [3.63, 3.8) is 0 Å². The van der Waals surface area contributed by atoms with E-state index in [-0.39, 0.29) is 29.7 Å². The highest BCUT2D eigenvalue weighted by atomic mass is 15.3. The van der Waals surface area contributed by atoms with Crippen molar-refractivity contribution in [2.75, 3.05) is 0 Å². The van der Waals surface area contributed by atoms with E-state index in [1.807, 2.05) is 0 Å². The molecule has 0 aliphatic carbocycles. The fourth-order valence-electron chi connectivity index (χ4n) is 1.21. The minimum Gasteiger partial charge on any atom is -0.265 e. The highest BCUT2D eigenvalue weighted by molar-refractivity contribution is 5.37. The Morgan fingerprint density at radius 1 is 0.619 bits per heavy atom. The first-order valence-corrected chi connectivity index (χ1v) is 5.45. The van der Waals surface area contributed by atoms with Crippen molar-refractivity contribution in [3.8, 4) is 0 Å². The summed E-state index contributed by atoms with van der Waals surface area (Å²) in [5, 5.41) is 7.89. The number of hydrogen-bond acceptors (Lipinski definition) is 9. The molecule has 0 saturated carbocycles. The Labute approximate surface area is 117 Å². The van der Waals surface area contributed by atoms with Crippen LogP contribution in [0.1, 0.15) is 0 Å². The van der Waals surface area contributed by atoms with Crippen molar-refractivity contribution in [1.82, 2.24) is 61.2 Å². The SMILES string of the molecule is [NH]c1nc([N]c2ncncn2)nc([N]c2ncncn2)n1. The topological polar surface area (TPSA) is 168 Å². The average molecular weight is 281 g/mol. The van der Waals surface area contributed by atoms with Gasteiger partial charge < -0.3 is 0 Å². The van der Waals surface area contributed by atoms with E-state index in [4.69, 9.17) is 5.73 Å². The van der Waals surface area contributed by atoms with E-state index in [0.29, 0.717) is 0 Å². The van der Waals surface area contributed by atoms with Crippen LogP contribution < -0.4 is 16.4 Å². The summed E-state index contributed by atoms with van der Waals surface area (Å²) in [5.74, 6) is -0.169. The van der Waals surface area contributed by atoms with Gasteiger partial charge in [-0.3, -0.25) is 5.73 Å². The molecule has 0 spiro atoms. The second-order valence-corrected chi connectivity index (χ2v) is 3.36. The van der Waals surface area contributed by atoms with E-state index in [1.165, 1.54) is 25.3 Å². The second-order valence-electron chi connectivity index (χ2n) is 3.36. The molecule has 3 radical (unpaired) electrons. The third-order valence-electron chi connectivity index (χ3n) is 1.97. The van der Waals surface area contributed by atoms with E-state index in [1.54, 1.807) is 0 Å². The monoisotopic (exact) mass is 281 g/mol. The van der Waals surface area contributed by atoms with Gasteiger partial charge in [-0.2, -0.15) is 45.5 Å². The lowest BCUT2D eigenvalue weighted by atomic mass is 10.7. The van der Waals surface area contributed by atoms with Crippen LogP contribution in [0.15, 0.2) is 25.3 Å². The molecular weight excluding hydrogens is 276 g/mol. The maximum absolute atomic E-state index is 7.52. The van der Waals surface area contributed by atoms with E-state index >= 15 is 0 Å². The summed E-state index contributed by atoms with van der Waals surface area (Å²) in [6.45, 7) is 0. The van der Waals surface area contributed by atoms with Crippen molar-refractivity contribution in [1.29, 1.82) is 0 Å². The standard InChI is InChI=1S/C9H5N12/c10-5-17-8(19-6-13-1-11-2-14-6)21-9(18-5)20-7-15-3-12-4-16-7/h1-4,10H. The lowest BCUT2D eigenvalue weighted by Crippen LogP contribution is -2.06. The van der Waals surface area contributed by atoms with Crippen LogP contribution in [0.5, 0.6) is 0 Å². The van der Waals surface area contributed by atoms with Crippen molar-refractivity contribution >= 4 is 29.7 Å². The van der Waals surface area contributed by atoms with Crippen LogP contribution in [-0.4, -0.2) is 44.9 Å². The molecule has 12 nitrogen and oxygen atoms in total. The number of hydrogen-bond donors (Lipinski definition) is 0. The Bertz CT molecular complexity index is 658. The molecule has 0 bridgehead atoms. The van der Waals surface area contributed by atoms with Gasteiger partial charge in [0.15, 0.2) is 0 Å². The predicted molar refractivity (Wildman–Crippen MR) is 65.1 cm³/mol. The number of rotatable bonds is 4. The fraction of sp³-hybridized carbons (Fsp3) is 0. The smallest absolute Gasteiger partial charge is 0.259 e. The minimum atomic E-state index is -0.300. The average Bonchev–Trinajstić information content (AvgIpc) is 2.48. The molecule has 12 heteroatoms. The third kappa shape index (κ3) is 3.25. The molecule has 0 amide bonds. The third-order valence-corrected chi connectivity index (χ3v) is 1.97. The quantitative estimate of drug-likeness (QED) is 0.599. The Balaban J connectivity index is 1.83. The molecule has 3 heterocycles. The van der Waals surface area contributed by atoms with Gasteiger partial charge in [0.1, 0.15) is 25.3 Å². The molecule has 0 aliphatic heterocycles. The summed E-state index contributed by atoms with van der Waals surface area (Å²) in [4.78, 5) is 34.0. The first-order chi connectivity index (χ1) is 10.3. The highest BCUT2D eigenvalue weighted by Crippen LogP contribution is 2.13. The molecule has 3 aromatic heterocycles. The van der Waals surface area contributed by atoms with Gasteiger partial charge in [0.25, 0.3) is 23.8 Å². The van der Waals surface area contributed by atoms with Gasteiger partial charge in [0.05, 0.1) is 0 Å². The van der Waals surface area contributed by atoms with Gasteiger partial charge in [0, 0.05) is 0 Å². The molecule has 0 aromatic carbocycles. The van der Waals surface area contributed by atoms with Crippen LogP contribution in [0.2, 0.25) is 0 Å². The molecule has 3 rings (SSSR count). The number of nitrogens with zero attached hydrogens (tertiary/aromatic N) is 11. The molecule has 1 N–H and O–H groups in total. The Kier molecular flexibility index (Phi) is 3.32. The Morgan fingerprint density at radius 3 is 1.48 bits per heavy atom. The zero-order chi connectivity index (χ0) is 14.5. The molecule has 0 fully saturated rings. The van der Waals surface area contributed by atoms with Crippen molar-refractivity contribution in [3.05, 3.63) is 25.3 Å². The largest absolute Gasteiger partial charge is 0.265 e. The molecule has 0 unspecified atom stereocenters. The van der Waals surface area contributed by atoms with Gasteiger partial charge in [-0.25, -0.2) is 9.97 Å². The van der Waals surface area contributed by atoms with Crippen LogP contribution in [0.4, 0.5) is 29.7 Å². The summed E-state index contributed by atoms with van der Waals surface area (Å²) >= 11 is 0. The predicted octanol–water partition coefficient (Wildman–Crippen LogP) is -0.709. The van der Waals surface area contributed by atoms with E-state index in [0.717, 1.165) is 0 Å². The maximum Gasteiger partial charge on any atom is 0.259 e. The van der Waals surface area contributed by atoms with Crippen LogP contribution in [-0.2, 0) is 0 Å². The molecule has 21 heavy (non-hydrogen) atoms. The maximum atomic E-state index is 7.52. The van der Waals surface area contributed by atoms with Crippen molar-refractivity contribution in [2.24, 2.45) is 0 Å². The molecule has 0 atom stereocenters. The van der Waals surface area contributed by atoms with E-state index in [9.17, 15) is 0 Å². The zero-order valence-electron chi connectivity index (χ0n) is 10.2. The van der Waals surface area contributed by atoms with Gasteiger partial charge in [-0.15, -0.1) is 0 Å². The normalized spacial score (nSPS) is 10.1. The van der Waals surface area contributed by atoms with Crippen LogP contribution >= 0.6 is 0 Å². The zero-order valence-corrected chi connectivity index (χ0v) is 10.2. The van der Waals surface area contributed by atoms with Gasteiger partial charge in [-0.05, 0) is 0 Å². The van der Waals surface area contributed by atoms with Gasteiger partial charge in [-0.1, -0.05) is 0 Å². The van der Waals surface area contributed by atoms with Crippen LogP contribution in [0, 0.1) is 0 Å². The first kappa shape index (κ1) is 12.5. The molecule has 0 saturated heterocycles. The molecule has 3 aromatic rings. The summed E-state index contributed by atoms with van der Waals surface area (Å²) < 4.78 is 0. The first-order valence-electron chi connectivity index (χ1n) is 5.45. The molecular formula is C9H5N12. The summed E-state index contributed by atoms with van der Waals surface area (Å²) in [6, 6.07) is 0.